The van der Waals surface area contributed by atoms with E-state index in [2.05, 4.69) is 9.97 Å². The normalized spacial score (nSPS) is 14.5. The molecule has 2 aromatic heterocycles. The Hall–Kier alpha value is -3.81. The molecule has 0 spiro atoms. The van der Waals surface area contributed by atoms with Gasteiger partial charge in [-0.25, -0.2) is 14.7 Å². The highest BCUT2D eigenvalue weighted by molar-refractivity contribution is 6.02. The van der Waals surface area contributed by atoms with Gasteiger partial charge in [-0.1, -0.05) is 18.2 Å². The zero-order valence-corrected chi connectivity index (χ0v) is 15.1. The van der Waals surface area contributed by atoms with E-state index in [-0.39, 0.29) is 23.4 Å². The molecule has 0 N–H and O–H groups in total. The fraction of sp³-hybridized carbons (Fsp3) is 0.150. The first-order chi connectivity index (χ1) is 13.6. The molecule has 3 heterocycles. The van der Waals surface area contributed by atoms with Crippen molar-refractivity contribution in [2.45, 2.75) is 19.5 Å². The maximum Gasteiger partial charge on any atom is 0.331 e. The summed E-state index contributed by atoms with van der Waals surface area (Å²) in [6, 6.07) is 13.0. The molecule has 0 saturated carbocycles. The van der Waals surface area contributed by atoms with Gasteiger partial charge >= 0.3 is 6.03 Å². The molecule has 0 saturated heterocycles. The standard InChI is InChI=1S/C20H17N5O3/c1-14(15-8-11-21-12-9-15)23-13-16-5-4-10-22-19(16)24(20(23)26)17-6-2-3-7-18(17)25(27)28/h2-12,14H,13H2,1H3. The van der Waals surface area contributed by atoms with Gasteiger partial charge in [0.2, 0.25) is 0 Å². The molecular weight excluding hydrogens is 358 g/mol. The van der Waals surface area contributed by atoms with Gasteiger partial charge in [0.05, 0.1) is 17.5 Å². The highest BCUT2D eigenvalue weighted by atomic mass is 16.6. The van der Waals surface area contributed by atoms with E-state index in [1.165, 1.54) is 11.0 Å². The number of para-hydroxylation sites is 2. The molecule has 28 heavy (non-hydrogen) atoms. The summed E-state index contributed by atoms with van der Waals surface area (Å²) in [6.07, 6.45) is 4.93. The molecule has 8 nitrogen and oxygen atoms in total. The largest absolute Gasteiger partial charge is 0.331 e. The van der Waals surface area contributed by atoms with Gasteiger partial charge in [0, 0.05) is 30.2 Å². The number of fused-ring (bicyclic) bond motifs is 1. The Morgan fingerprint density at radius 3 is 2.57 bits per heavy atom. The molecule has 0 bridgehead atoms. The van der Waals surface area contributed by atoms with Crippen LogP contribution in [0.5, 0.6) is 0 Å². The van der Waals surface area contributed by atoms with Crippen molar-refractivity contribution in [2.24, 2.45) is 0 Å². The Morgan fingerprint density at radius 2 is 1.82 bits per heavy atom. The second-order valence-electron chi connectivity index (χ2n) is 6.43. The predicted molar refractivity (Wildman–Crippen MR) is 103 cm³/mol. The van der Waals surface area contributed by atoms with E-state index in [0.717, 1.165) is 11.1 Å². The number of amides is 2. The highest BCUT2D eigenvalue weighted by Gasteiger charge is 2.37. The SMILES string of the molecule is CC(c1ccncc1)N1Cc2cccnc2N(c2ccccc2[N+](=O)[O-])C1=O. The number of anilines is 2. The fourth-order valence-corrected chi connectivity index (χ4v) is 3.37. The van der Waals surface area contributed by atoms with Gasteiger partial charge in [0.25, 0.3) is 5.69 Å². The average molecular weight is 375 g/mol. The highest BCUT2D eigenvalue weighted by Crippen LogP contribution is 2.40. The van der Waals surface area contributed by atoms with Crippen molar-refractivity contribution in [3.63, 3.8) is 0 Å². The van der Waals surface area contributed by atoms with Gasteiger partial charge in [-0.05, 0) is 36.8 Å². The Kier molecular flexibility index (Phi) is 4.44. The van der Waals surface area contributed by atoms with Crippen LogP contribution in [0.4, 0.5) is 22.0 Å². The molecule has 8 heteroatoms. The molecule has 1 unspecified atom stereocenters. The zero-order valence-electron chi connectivity index (χ0n) is 15.1. The molecule has 1 aliphatic rings. The first-order valence-electron chi connectivity index (χ1n) is 8.76. The number of hydrogen-bond acceptors (Lipinski definition) is 5. The minimum Gasteiger partial charge on any atom is -0.313 e. The third kappa shape index (κ3) is 2.94. The number of urea groups is 1. The van der Waals surface area contributed by atoms with Crippen LogP contribution in [-0.2, 0) is 6.54 Å². The number of nitro groups is 1. The second kappa shape index (κ2) is 7.07. The topological polar surface area (TPSA) is 92.5 Å². The molecule has 3 aromatic rings. The molecule has 4 rings (SSSR count). The molecule has 1 aromatic carbocycles. The summed E-state index contributed by atoms with van der Waals surface area (Å²) >= 11 is 0. The number of hydrogen-bond donors (Lipinski definition) is 0. The lowest BCUT2D eigenvalue weighted by Crippen LogP contribution is -2.46. The van der Waals surface area contributed by atoms with Gasteiger partial charge in [-0.3, -0.25) is 15.1 Å². The number of pyridine rings is 2. The minimum absolute atomic E-state index is 0.147. The summed E-state index contributed by atoms with van der Waals surface area (Å²) in [5.74, 6) is 0.417. The van der Waals surface area contributed by atoms with E-state index in [0.29, 0.717) is 12.4 Å². The first-order valence-corrected chi connectivity index (χ1v) is 8.76. The van der Waals surface area contributed by atoms with Crippen molar-refractivity contribution in [1.29, 1.82) is 0 Å². The zero-order chi connectivity index (χ0) is 19.7. The Labute approximate surface area is 161 Å². The minimum atomic E-state index is -0.490. The fourth-order valence-electron chi connectivity index (χ4n) is 3.37. The van der Waals surface area contributed by atoms with Crippen molar-refractivity contribution >= 4 is 23.2 Å². The smallest absolute Gasteiger partial charge is 0.313 e. The van der Waals surface area contributed by atoms with Gasteiger partial charge < -0.3 is 4.90 Å². The van der Waals surface area contributed by atoms with Crippen LogP contribution in [0.2, 0.25) is 0 Å². The van der Waals surface area contributed by atoms with Crippen molar-refractivity contribution in [3.05, 3.63) is 88.4 Å². The summed E-state index contributed by atoms with van der Waals surface area (Å²) in [5, 5.41) is 11.5. The van der Waals surface area contributed by atoms with E-state index in [1.807, 2.05) is 25.1 Å². The molecule has 1 atom stereocenters. The Morgan fingerprint density at radius 1 is 1.07 bits per heavy atom. The van der Waals surface area contributed by atoms with Crippen molar-refractivity contribution in [2.75, 3.05) is 4.90 Å². The second-order valence-corrected chi connectivity index (χ2v) is 6.43. The lowest BCUT2D eigenvalue weighted by molar-refractivity contribution is -0.384. The summed E-state index contributed by atoms with van der Waals surface area (Å²) < 4.78 is 0. The van der Waals surface area contributed by atoms with Crippen LogP contribution >= 0.6 is 0 Å². The Balaban J connectivity index is 1.84. The molecule has 0 radical (unpaired) electrons. The van der Waals surface area contributed by atoms with Crippen molar-refractivity contribution < 1.29 is 9.72 Å². The van der Waals surface area contributed by atoms with Crippen LogP contribution in [-0.4, -0.2) is 25.8 Å². The summed E-state index contributed by atoms with van der Waals surface area (Å²) in [6.45, 7) is 2.29. The number of carbonyl (C=O) groups excluding carboxylic acids is 1. The predicted octanol–water partition coefficient (Wildman–Crippen LogP) is 4.22. The first kappa shape index (κ1) is 17.6. The van der Waals surface area contributed by atoms with Gasteiger partial charge in [0.1, 0.15) is 11.5 Å². The van der Waals surface area contributed by atoms with Crippen LogP contribution < -0.4 is 4.90 Å². The molecular formula is C20H17N5O3. The number of benzene rings is 1. The molecule has 2 amide bonds. The van der Waals surface area contributed by atoms with Crippen LogP contribution in [0, 0.1) is 10.1 Å². The van der Waals surface area contributed by atoms with Crippen LogP contribution in [0.1, 0.15) is 24.1 Å². The maximum absolute atomic E-state index is 13.5. The third-order valence-corrected chi connectivity index (χ3v) is 4.83. The molecule has 0 aliphatic carbocycles. The van der Waals surface area contributed by atoms with Crippen LogP contribution in [0.15, 0.2) is 67.1 Å². The Bertz CT molecular complexity index is 1040. The van der Waals surface area contributed by atoms with Crippen LogP contribution in [0.25, 0.3) is 0 Å². The number of nitro benzene ring substituents is 1. The van der Waals surface area contributed by atoms with Gasteiger partial charge in [-0.15, -0.1) is 0 Å². The van der Waals surface area contributed by atoms with E-state index in [4.69, 9.17) is 0 Å². The van der Waals surface area contributed by atoms with E-state index >= 15 is 0 Å². The van der Waals surface area contributed by atoms with E-state index < -0.39 is 4.92 Å². The lowest BCUT2D eigenvalue weighted by Gasteiger charge is -2.39. The molecule has 1 aliphatic heterocycles. The number of nitrogens with zero attached hydrogens (tertiary/aromatic N) is 5. The average Bonchev–Trinajstić information content (AvgIpc) is 2.73. The quantitative estimate of drug-likeness (QED) is 0.503. The summed E-state index contributed by atoms with van der Waals surface area (Å²) in [7, 11) is 0. The maximum atomic E-state index is 13.5. The summed E-state index contributed by atoms with van der Waals surface area (Å²) in [5.41, 5.74) is 1.80. The van der Waals surface area contributed by atoms with Gasteiger partial charge in [-0.2, -0.15) is 0 Å². The number of carbonyl (C=O) groups is 1. The third-order valence-electron chi connectivity index (χ3n) is 4.83. The summed E-state index contributed by atoms with van der Waals surface area (Å²) in [4.78, 5) is 35.9. The number of rotatable bonds is 4. The van der Waals surface area contributed by atoms with E-state index in [9.17, 15) is 14.9 Å². The number of aromatic nitrogens is 2. The van der Waals surface area contributed by atoms with Crippen LogP contribution in [0.3, 0.4) is 0 Å². The van der Waals surface area contributed by atoms with Gasteiger partial charge in [0.15, 0.2) is 0 Å². The van der Waals surface area contributed by atoms with Crippen molar-refractivity contribution in [3.8, 4) is 0 Å². The lowest BCUT2D eigenvalue weighted by atomic mass is 10.1. The van der Waals surface area contributed by atoms with E-state index in [1.54, 1.807) is 47.8 Å². The molecule has 140 valence electrons. The van der Waals surface area contributed by atoms with Crippen molar-refractivity contribution in [1.82, 2.24) is 14.9 Å². The molecule has 0 fully saturated rings. The monoisotopic (exact) mass is 375 g/mol.